The molecule has 3 heteroatoms. The Hall–Kier alpha value is -1.87. The van der Waals surface area contributed by atoms with Crippen LogP contribution in [0.2, 0.25) is 0 Å². The maximum absolute atomic E-state index is 12.3. The minimum atomic E-state index is -0.828. The molecule has 2 aromatic carbocycles. The van der Waals surface area contributed by atoms with Crippen molar-refractivity contribution in [3.8, 4) is 0 Å². The van der Waals surface area contributed by atoms with Gasteiger partial charge in [-0.05, 0) is 36.0 Å². The lowest BCUT2D eigenvalue weighted by molar-refractivity contribution is -0.145. The quantitative estimate of drug-likeness (QED) is 0.797. The maximum atomic E-state index is 12.3. The summed E-state index contributed by atoms with van der Waals surface area (Å²) in [5.41, 5.74) is 1.08. The lowest BCUT2D eigenvalue weighted by Gasteiger charge is -2.35. The zero-order valence-electron chi connectivity index (χ0n) is 12.6. The van der Waals surface area contributed by atoms with Crippen molar-refractivity contribution in [1.82, 2.24) is 0 Å². The van der Waals surface area contributed by atoms with E-state index >= 15 is 0 Å². The van der Waals surface area contributed by atoms with E-state index in [2.05, 4.69) is 34.1 Å². The third-order valence-corrected chi connectivity index (χ3v) is 6.23. The van der Waals surface area contributed by atoms with Crippen LogP contribution >= 0.6 is 15.9 Å². The highest BCUT2D eigenvalue weighted by atomic mass is 79.9. The summed E-state index contributed by atoms with van der Waals surface area (Å²) in [4.78, 5) is 12.3. The lowest BCUT2D eigenvalue weighted by atomic mass is 9.67. The van der Waals surface area contributed by atoms with Gasteiger partial charge in [-0.15, -0.1) is 0 Å². The van der Waals surface area contributed by atoms with Crippen molar-refractivity contribution in [2.75, 3.05) is 0 Å². The Kier molecular flexibility index (Phi) is 3.24. The fourth-order valence-corrected chi connectivity index (χ4v) is 5.18. The molecule has 0 spiro atoms. The molecule has 0 radical (unpaired) electrons. The average molecular weight is 369 g/mol. The zero-order valence-corrected chi connectivity index (χ0v) is 14.2. The van der Waals surface area contributed by atoms with Gasteiger partial charge < -0.3 is 5.11 Å². The summed E-state index contributed by atoms with van der Waals surface area (Å²) >= 11 is 3.65. The van der Waals surface area contributed by atoms with Gasteiger partial charge in [0, 0.05) is 9.89 Å². The van der Waals surface area contributed by atoms with Gasteiger partial charge in [0.05, 0.1) is 0 Å². The Morgan fingerprint density at radius 1 is 1.09 bits per heavy atom. The number of carboxylic acid groups (broad SMARTS) is 1. The predicted molar refractivity (Wildman–Crippen MR) is 93.4 cm³/mol. The van der Waals surface area contributed by atoms with Crippen LogP contribution in [0.5, 0.6) is 0 Å². The number of rotatable bonds is 3. The molecule has 23 heavy (non-hydrogen) atoms. The highest BCUT2D eigenvalue weighted by Gasteiger charge is 2.61. The molecule has 2 bridgehead atoms. The monoisotopic (exact) mass is 368 g/mol. The Balaban J connectivity index is 1.87. The van der Waals surface area contributed by atoms with Gasteiger partial charge in [0.25, 0.3) is 0 Å². The minimum absolute atomic E-state index is 0.0366. The third-order valence-electron chi connectivity index (χ3n) is 5.54. The van der Waals surface area contributed by atoms with Crippen molar-refractivity contribution in [2.45, 2.75) is 23.7 Å². The standard InChI is InChI=1S/C20H17BrO2/c21-17-9-5-4-8-16(17)19-11-10-15(12-19)20(13-19,18(22)23)14-6-2-1-3-7-14/h1-11,15H,12-13H2,(H,22,23). The maximum Gasteiger partial charge on any atom is 0.314 e. The highest BCUT2D eigenvalue weighted by molar-refractivity contribution is 9.10. The smallest absolute Gasteiger partial charge is 0.314 e. The topological polar surface area (TPSA) is 37.3 Å². The number of halogens is 1. The van der Waals surface area contributed by atoms with Crippen LogP contribution in [0.15, 0.2) is 71.2 Å². The van der Waals surface area contributed by atoms with Crippen molar-refractivity contribution in [3.05, 3.63) is 82.3 Å². The normalized spacial score (nSPS) is 31.4. The molecule has 0 aromatic heterocycles. The number of hydrogen-bond donors (Lipinski definition) is 1. The fraction of sp³-hybridized carbons (Fsp3) is 0.250. The lowest BCUT2D eigenvalue weighted by Crippen LogP contribution is -2.41. The van der Waals surface area contributed by atoms with Crippen molar-refractivity contribution in [1.29, 1.82) is 0 Å². The molecular weight excluding hydrogens is 352 g/mol. The van der Waals surface area contributed by atoms with E-state index in [9.17, 15) is 9.90 Å². The third kappa shape index (κ3) is 1.96. The van der Waals surface area contributed by atoms with Gasteiger partial charge in [-0.2, -0.15) is 0 Å². The second kappa shape index (κ2) is 5.07. The largest absolute Gasteiger partial charge is 0.481 e. The van der Waals surface area contributed by atoms with E-state index in [1.165, 1.54) is 5.56 Å². The number of carboxylic acids is 1. The Bertz CT molecular complexity index is 798. The molecule has 116 valence electrons. The van der Waals surface area contributed by atoms with E-state index in [0.717, 1.165) is 16.5 Å². The molecule has 2 aliphatic rings. The van der Waals surface area contributed by atoms with Crippen LogP contribution in [0.4, 0.5) is 0 Å². The van der Waals surface area contributed by atoms with Gasteiger partial charge in [-0.1, -0.05) is 76.6 Å². The van der Waals surface area contributed by atoms with Crippen molar-refractivity contribution in [2.24, 2.45) is 5.92 Å². The van der Waals surface area contributed by atoms with Crippen LogP contribution in [0.1, 0.15) is 24.0 Å². The molecule has 1 N–H and O–H groups in total. The summed E-state index contributed by atoms with van der Waals surface area (Å²) in [6.07, 6.45) is 5.81. The molecule has 0 heterocycles. The van der Waals surface area contributed by atoms with Crippen LogP contribution in [-0.4, -0.2) is 11.1 Å². The molecule has 1 saturated carbocycles. The first kappa shape index (κ1) is 14.7. The molecule has 2 aromatic rings. The SMILES string of the molecule is O=C(O)C1(c2ccccc2)CC2(c3ccccc3Br)C=CC1C2. The molecule has 0 amide bonds. The van der Waals surface area contributed by atoms with Gasteiger partial charge >= 0.3 is 5.97 Å². The Labute approximate surface area is 144 Å². The van der Waals surface area contributed by atoms with Gasteiger partial charge in [0.1, 0.15) is 5.41 Å². The Morgan fingerprint density at radius 2 is 1.78 bits per heavy atom. The fourth-order valence-electron chi connectivity index (χ4n) is 4.50. The van der Waals surface area contributed by atoms with Crippen molar-refractivity contribution in [3.63, 3.8) is 0 Å². The number of allylic oxidation sites excluding steroid dienone is 2. The molecule has 0 aliphatic heterocycles. The van der Waals surface area contributed by atoms with Crippen LogP contribution < -0.4 is 0 Å². The second-order valence-electron chi connectivity index (χ2n) is 6.63. The van der Waals surface area contributed by atoms with Crippen LogP contribution in [0.25, 0.3) is 0 Å². The summed E-state index contributed by atoms with van der Waals surface area (Å²) in [5, 5.41) is 10.1. The number of benzene rings is 2. The van der Waals surface area contributed by atoms with Crippen LogP contribution in [0, 0.1) is 5.92 Å². The van der Waals surface area contributed by atoms with E-state index in [4.69, 9.17) is 0 Å². The summed E-state index contributed by atoms with van der Waals surface area (Å²) in [5.74, 6) is -0.679. The summed E-state index contributed by atoms with van der Waals surface area (Å²) in [7, 11) is 0. The summed E-state index contributed by atoms with van der Waals surface area (Å²) in [6.45, 7) is 0. The predicted octanol–water partition coefficient (Wildman–Crippen LogP) is 4.69. The molecular formula is C20H17BrO2. The summed E-state index contributed by atoms with van der Waals surface area (Å²) in [6, 6.07) is 17.9. The molecule has 3 atom stereocenters. The van der Waals surface area contributed by atoms with E-state index in [0.29, 0.717) is 6.42 Å². The van der Waals surface area contributed by atoms with Gasteiger partial charge in [0.15, 0.2) is 0 Å². The Morgan fingerprint density at radius 3 is 2.48 bits per heavy atom. The first-order valence-electron chi connectivity index (χ1n) is 7.82. The van der Waals surface area contributed by atoms with E-state index in [-0.39, 0.29) is 11.3 Å². The van der Waals surface area contributed by atoms with E-state index in [1.54, 1.807) is 0 Å². The van der Waals surface area contributed by atoms with Crippen molar-refractivity contribution >= 4 is 21.9 Å². The van der Waals surface area contributed by atoms with Gasteiger partial charge in [0.2, 0.25) is 0 Å². The van der Waals surface area contributed by atoms with Crippen molar-refractivity contribution < 1.29 is 9.90 Å². The van der Waals surface area contributed by atoms with Gasteiger partial charge in [-0.25, -0.2) is 0 Å². The molecule has 2 nitrogen and oxygen atoms in total. The molecule has 4 rings (SSSR count). The van der Waals surface area contributed by atoms with E-state index in [1.807, 2.05) is 48.5 Å². The number of fused-ring (bicyclic) bond motifs is 2. The second-order valence-corrected chi connectivity index (χ2v) is 7.48. The van der Waals surface area contributed by atoms with Crippen LogP contribution in [-0.2, 0) is 15.6 Å². The first-order chi connectivity index (χ1) is 11.1. The number of hydrogen-bond acceptors (Lipinski definition) is 1. The first-order valence-corrected chi connectivity index (χ1v) is 8.61. The highest BCUT2D eigenvalue weighted by Crippen LogP contribution is 2.61. The molecule has 0 saturated heterocycles. The summed E-state index contributed by atoms with van der Waals surface area (Å²) < 4.78 is 1.06. The molecule has 2 aliphatic carbocycles. The van der Waals surface area contributed by atoms with Crippen LogP contribution in [0.3, 0.4) is 0 Å². The minimum Gasteiger partial charge on any atom is -0.481 e. The molecule has 1 fully saturated rings. The average Bonchev–Trinajstić information content (AvgIpc) is 3.14. The van der Waals surface area contributed by atoms with E-state index < -0.39 is 11.4 Å². The number of carbonyl (C=O) groups is 1. The molecule has 3 unspecified atom stereocenters. The zero-order chi connectivity index (χ0) is 16.1. The number of aliphatic carboxylic acids is 1. The van der Waals surface area contributed by atoms with Gasteiger partial charge in [-0.3, -0.25) is 4.79 Å².